The van der Waals surface area contributed by atoms with E-state index in [4.69, 9.17) is 14.6 Å². The summed E-state index contributed by atoms with van der Waals surface area (Å²) in [5.74, 6) is -1.24. The van der Waals surface area contributed by atoms with Crippen LogP contribution < -0.4 is 14.8 Å². The number of carbonyl (C=O) groups is 2. The zero-order valence-electron chi connectivity index (χ0n) is 13.5. The number of hydrogen-bond donors (Lipinski definition) is 3. The average Bonchev–Trinajstić information content (AvgIpc) is 2.58. The van der Waals surface area contributed by atoms with Gasteiger partial charge in [0.1, 0.15) is 5.75 Å². The van der Waals surface area contributed by atoms with Crippen LogP contribution in [0.15, 0.2) is 30.3 Å². The van der Waals surface area contributed by atoms with Gasteiger partial charge >= 0.3 is 11.9 Å². The van der Waals surface area contributed by atoms with E-state index in [1.54, 1.807) is 18.2 Å². The molecule has 0 aromatic heterocycles. The highest BCUT2D eigenvalue weighted by molar-refractivity contribution is 6.02. The smallest absolute Gasteiger partial charge is 0.337 e. The molecule has 0 radical (unpaired) electrons. The first kappa shape index (κ1) is 16.6. The number of hydrogen-bond acceptors (Lipinski definition) is 5. The van der Waals surface area contributed by atoms with Crippen LogP contribution in [0.3, 0.4) is 0 Å². The molecule has 7 nitrogen and oxygen atoms in total. The second kappa shape index (κ2) is 6.72. The minimum atomic E-state index is -1.24. The van der Waals surface area contributed by atoms with E-state index in [1.165, 1.54) is 6.07 Å². The van der Waals surface area contributed by atoms with Crippen LogP contribution in [0.1, 0.15) is 40.5 Å². The van der Waals surface area contributed by atoms with Gasteiger partial charge in [-0.2, -0.15) is 0 Å². The molecule has 0 saturated heterocycles. The molecule has 25 heavy (non-hydrogen) atoms. The van der Waals surface area contributed by atoms with E-state index in [0.29, 0.717) is 23.8 Å². The van der Waals surface area contributed by atoms with Crippen molar-refractivity contribution in [3.8, 4) is 17.2 Å². The van der Waals surface area contributed by atoms with Crippen LogP contribution in [0.2, 0.25) is 0 Å². The zero-order valence-corrected chi connectivity index (χ0v) is 13.5. The van der Waals surface area contributed by atoms with Crippen molar-refractivity contribution in [3.63, 3.8) is 0 Å². The zero-order chi connectivity index (χ0) is 18.0. The Kier molecular flexibility index (Phi) is 4.47. The van der Waals surface area contributed by atoms with Gasteiger partial charge in [0.05, 0.1) is 29.1 Å². The Morgan fingerprint density at radius 2 is 1.92 bits per heavy atom. The first-order valence-corrected chi connectivity index (χ1v) is 7.86. The van der Waals surface area contributed by atoms with Crippen LogP contribution in [0, 0.1) is 0 Å². The van der Waals surface area contributed by atoms with Crippen molar-refractivity contribution >= 4 is 23.3 Å². The van der Waals surface area contributed by atoms with Crippen LogP contribution in [-0.4, -0.2) is 28.8 Å². The monoisotopic (exact) mass is 343 g/mol. The number of aromatic carboxylic acids is 2. The maximum absolute atomic E-state index is 11.5. The third-order valence-electron chi connectivity index (χ3n) is 3.78. The molecule has 1 heterocycles. The van der Waals surface area contributed by atoms with E-state index < -0.39 is 11.9 Å². The fourth-order valence-electron chi connectivity index (χ4n) is 2.48. The van der Waals surface area contributed by atoms with Crippen molar-refractivity contribution < 1.29 is 29.3 Å². The van der Waals surface area contributed by atoms with Gasteiger partial charge in [0.2, 0.25) is 0 Å². The lowest BCUT2D eigenvalue weighted by molar-refractivity contribution is 0.0696. The lowest BCUT2D eigenvalue weighted by Gasteiger charge is -2.24. The fraction of sp³-hybridized carbons (Fsp3) is 0.222. The van der Waals surface area contributed by atoms with E-state index in [-0.39, 0.29) is 22.6 Å². The maximum Gasteiger partial charge on any atom is 0.337 e. The predicted molar refractivity (Wildman–Crippen MR) is 90.6 cm³/mol. The van der Waals surface area contributed by atoms with E-state index in [1.807, 2.05) is 0 Å². The molecule has 2 aromatic rings. The molecule has 3 N–H and O–H groups in total. The number of rotatable bonds is 6. The third-order valence-corrected chi connectivity index (χ3v) is 3.78. The lowest BCUT2D eigenvalue weighted by Crippen LogP contribution is -2.11. The summed E-state index contributed by atoms with van der Waals surface area (Å²) < 4.78 is 11.4. The molecule has 130 valence electrons. The van der Waals surface area contributed by atoms with E-state index in [2.05, 4.69) is 12.2 Å². The van der Waals surface area contributed by atoms with Crippen LogP contribution in [-0.2, 0) is 0 Å². The Labute approximate surface area is 143 Å². The largest absolute Gasteiger partial charge is 0.493 e. The second-order valence-electron chi connectivity index (χ2n) is 5.59. The van der Waals surface area contributed by atoms with Crippen LogP contribution in [0.25, 0.3) is 0 Å². The first-order chi connectivity index (χ1) is 12.0. The molecule has 1 aliphatic rings. The Morgan fingerprint density at radius 3 is 2.60 bits per heavy atom. The summed E-state index contributed by atoms with van der Waals surface area (Å²) in [6.45, 7) is 2.66. The standard InChI is InChI=1S/C18H17NO6/c1-2-3-6-24-11-4-5-13-14(9-11)25-15-8-10(17(20)21)7-12(18(22)23)16(15)19-13/h4-5,7-9,19H,2-3,6H2,1H3,(H,20,21)(H,22,23). The molecule has 2 aromatic carbocycles. The van der Waals surface area contributed by atoms with Crippen molar-refractivity contribution in [3.05, 3.63) is 41.5 Å². The molecule has 1 aliphatic heterocycles. The van der Waals surface area contributed by atoms with E-state index >= 15 is 0 Å². The summed E-state index contributed by atoms with van der Waals surface area (Å²) >= 11 is 0. The Morgan fingerprint density at radius 1 is 1.12 bits per heavy atom. The molecular formula is C18H17NO6. The number of nitrogens with one attached hydrogen (secondary N) is 1. The number of carboxylic acid groups (broad SMARTS) is 2. The molecular weight excluding hydrogens is 326 g/mol. The SMILES string of the molecule is CCCCOc1ccc2c(c1)Oc1cc(C(=O)O)cc(C(=O)O)c1N2. The van der Waals surface area contributed by atoms with E-state index in [9.17, 15) is 14.7 Å². The van der Waals surface area contributed by atoms with Gasteiger partial charge in [0.25, 0.3) is 0 Å². The van der Waals surface area contributed by atoms with Crippen molar-refractivity contribution in [2.24, 2.45) is 0 Å². The molecule has 0 unspecified atom stereocenters. The third kappa shape index (κ3) is 3.35. The molecule has 3 rings (SSSR count). The Bertz CT molecular complexity index is 846. The van der Waals surface area contributed by atoms with Gasteiger partial charge in [0, 0.05) is 6.07 Å². The van der Waals surface area contributed by atoms with Gasteiger partial charge in [-0.1, -0.05) is 13.3 Å². The topological polar surface area (TPSA) is 105 Å². The molecule has 7 heteroatoms. The fourth-order valence-corrected chi connectivity index (χ4v) is 2.48. The minimum Gasteiger partial charge on any atom is -0.493 e. The number of fused-ring (bicyclic) bond motifs is 2. The van der Waals surface area contributed by atoms with Gasteiger partial charge in [-0.3, -0.25) is 0 Å². The van der Waals surface area contributed by atoms with Crippen molar-refractivity contribution in [1.29, 1.82) is 0 Å². The first-order valence-electron chi connectivity index (χ1n) is 7.86. The normalized spacial score (nSPS) is 11.6. The van der Waals surface area contributed by atoms with Crippen LogP contribution in [0.4, 0.5) is 11.4 Å². The molecule has 0 amide bonds. The summed E-state index contributed by atoms with van der Waals surface area (Å²) in [5.41, 5.74) is 0.492. The Balaban J connectivity index is 1.96. The number of benzene rings is 2. The molecule has 0 spiro atoms. The molecule has 0 aliphatic carbocycles. The van der Waals surface area contributed by atoms with Crippen molar-refractivity contribution in [2.75, 3.05) is 11.9 Å². The number of unbranched alkanes of at least 4 members (excludes halogenated alkanes) is 1. The van der Waals surface area contributed by atoms with Crippen LogP contribution >= 0.6 is 0 Å². The lowest BCUT2D eigenvalue weighted by atomic mass is 10.1. The minimum absolute atomic E-state index is 0.149. The summed E-state index contributed by atoms with van der Waals surface area (Å²) in [4.78, 5) is 22.7. The quantitative estimate of drug-likeness (QED) is 0.578. The molecule has 0 saturated carbocycles. The van der Waals surface area contributed by atoms with Gasteiger partial charge in [0.15, 0.2) is 11.5 Å². The Hall–Kier alpha value is -3.22. The van der Waals surface area contributed by atoms with Crippen molar-refractivity contribution in [2.45, 2.75) is 19.8 Å². The molecule has 0 bridgehead atoms. The van der Waals surface area contributed by atoms with Crippen LogP contribution in [0.5, 0.6) is 17.2 Å². The predicted octanol–water partition coefficient (Wildman–Crippen LogP) is 4.11. The molecule has 0 atom stereocenters. The second-order valence-corrected chi connectivity index (χ2v) is 5.59. The highest BCUT2D eigenvalue weighted by Gasteiger charge is 2.25. The maximum atomic E-state index is 11.5. The van der Waals surface area contributed by atoms with Gasteiger partial charge in [-0.25, -0.2) is 9.59 Å². The summed E-state index contributed by atoms with van der Waals surface area (Å²) in [6.07, 6.45) is 1.95. The summed E-state index contributed by atoms with van der Waals surface area (Å²) in [6, 6.07) is 7.59. The number of anilines is 2. The van der Waals surface area contributed by atoms with Crippen molar-refractivity contribution in [1.82, 2.24) is 0 Å². The highest BCUT2D eigenvalue weighted by Crippen LogP contribution is 2.45. The molecule has 0 fully saturated rings. The van der Waals surface area contributed by atoms with E-state index in [0.717, 1.165) is 18.9 Å². The number of ether oxygens (including phenoxy) is 2. The van der Waals surface area contributed by atoms with Gasteiger partial charge in [-0.05, 0) is 30.7 Å². The summed E-state index contributed by atoms with van der Waals surface area (Å²) in [7, 11) is 0. The average molecular weight is 343 g/mol. The number of carboxylic acids is 2. The highest BCUT2D eigenvalue weighted by atomic mass is 16.5. The van der Waals surface area contributed by atoms with Gasteiger partial charge in [-0.15, -0.1) is 0 Å². The van der Waals surface area contributed by atoms with Gasteiger partial charge < -0.3 is 25.0 Å². The summed E-state index contributed by atoms with van der Waals surface area (Å²) in [5, 5.41) is 21.5.